The maximum Gasteiger partial charge on any atom is 0 e. The van der Waals surface area contributed by atoms with Gasteiger partial charge in [0.25, 0.3) is 0 Å². The third-order valence-corrected chi connectivity index (χ3v) is 11.2. The van der Waals surface area contributed by atoms with E-state index in [1.807, 2.05) is 24.3 Å². The van der Waals surface area contributed by atoms with Crippen molar-refractivity contribution in [2.75, 3.05) is 0 Å². The molecule has 0 saturated carbocycles. The number of aromatic nitrogens is 3. The van der Waals surface area contributed by atoms with Crippen molar-refractivity contribution in [3.05, 3.63) is 108 Å². The van der Waals surface area contributed by atoms with Crippen LogP contribution in [0.3, 0.4) is 0 Å². The number of aryl methyl sites for hydroxylation is 2. The van der Waals surface area contributed by atoms with Crippen LogP contribution in [0.5, 0.6) is 0 Å². The zero-order valence-electron chi connectivity index (χ0n) is 30.9. The number of hydrogen-bond donors (Lipinski definition) is 0. The number of rotatable bonds is 3. The van der Waals surface area contributed by atoms with Crippen molar-refractivity contribution in [1.82, 2.24) is 15.0 Å². The Kier molecular flexibility index (Phi) is 7.50. The van der Waals surface area contributed by atoms with Crippen molar-refractivity contribution in [3.8, 4) is 22.5 Å². The molecule has 7 heteroatoms. The van der Waals surface area contributed by atoms with Gasteiger partial charge in [0, 0.05) is 31.7 Å². The number of fused-ring (bicyclic) bond motifs is 3. The van der Waals surface area contributed by atoms with Gasteiger partial charge in [-0.15, -0.1) is 18.2 Å². The van der Waals surface area contributed by atoms with Crippen LogP contribution in [0.4, 0.5) is 4.39 Å². The molecule has 4 aromatic heterocycles. The minimum atomic E-state index is -2.38. The SMILES string of the molecule is CC(C)(C)c1ccnc(-c2[c-]ccc3c2oc2ncc(F)cc23)c1.[2H]C([2H])([2H])c1c[c-]c(-c2cc(C([2H])([2H])[2H])[c]([Ge]([CH3])([CH3])[CH3])cn2)cc1.[Ir]. The van der Waals surface area contributed by atoms with E-state index in [9.17, 15) is 4.39 Å². The van der Waals surface area contributed by atoms with Crippen molar-refractivity contribution in [1.29, 1.82) is 0 Å². The molecule has 0 aliphatic rings. The Hall–Kier alpha value is -3.19. The Bertz CT molecular complexity index is 2100. The topological polar surface area (TPSA) is 51.8 Å². The van der Waals surface area contributed by atoms with Gasteiger partial charge in [-0.1, -0.05) is 37.8 Å². The first-order valence-corrected chi connectivity index (χ1v) is 21.0. The first-order chi connectivity index (χ1) is 22.2. The van der Waals surface area contributed by atoms with Crippen LogP contribution in [-0.2, 0) is 25.5 Å². The van der Waals surface area contributed by atoms with Gasteiger partial charge in [-0.25, -0.2) is 9.37 Å². The molecule has 6 rings (SSSR count). The maximum absolute atomic E-state index is 13.5. The second kappa shape index (κ2) is 12.8. The normalized spacial score (nSPS) is 14.3. The fraction of sp³-hybridized carbons (Fsp3) is 0.250. The van der Waals surface area contributed by atoms with E-state index in [0.717, 1.165) is 27.2 Å². The van der Waals surface area contributed by atoms with E-state index in [1.165, 1.54) is 23.8 Å². The molecule has 0 atom stereocenters. The van der Waals surface area contributed by atoms with Crippen molar-refractivity contribution < 1.29 is 37.1 Å². The van der Waals surface area contributed by atoms with Gasteiger partial charge in [-0.05, 0) is 28.8 Å². The predicted octanol–water partition coefficient (Wildman–Crippen LogP) is 8.99. The van der Waals surface area contributed by atoms with Crippen LogP contribution in [0.15, 0.2) is 77.6 Å². The van der Waals surface area contributed by atoms with Gasteiger partial charge in [0.15, 0.2) is 0 Å². The summed E-state index contributed by atoms with van der Waals surface area (Å²) in [5.74, 6) is 6.00. The molecule has 0 spiro atoms. The average Bonchev–Trinajstić information content (AvgIpc) is 3.37. The van der Waals surface area contributed by atoms with E-state index in [1.54, 1.807) is 24.5 Å². The molecule has 4 nitrogen and oxygen atoms in total. The Morgan fingerprint density at radius 1 is 0.884 bits per heavy atom. The number of benzene rings is 2. The Balaban J connectivity index is 0.000000216. The number of hydrogen-bond acceptors (Lipinski definition) is 4. The van der Waals surface area contributed by atoms with E-state index < -0.39 is 27.0 Å². The summed E-state index contributed by atoms with van der Waals surface area (Å²) in [5, 5.41) is 1.47. The molecule has 0 bridgehead atoms. The molecule has 0 unspecified atom stereocenters. The van der Waals surface area contributed by atoms with Gasteiger partial charge in [0.2, 0.25) is 5.71 Å². The largest absolute Gasteiger partial charge is 0 e. The van der Waals surface area contributed by atoms with E-state index in [2.05, 4.69) is 65.1 Å². The quantitative estimate of drug-likeness (QED) is 0.132. The van der Waals surface area contributed by atoms with E-state index in [0.29, 0.717) is 33.5 Å². The van der Waals surface area contributed by atoms with Crippen molar-refractivity contribution in [3.63, 3.8) is 0 Å². The summed E-state index contributed by atoms with van der Waals surface area (Å²) >= 11 is -2.38. The summed E-state index contributed by atoms with van der Waals surface area (Å²) in [5.41, 5.74) is 5.41. The summed E-state index contributed by atoms with van der Waals surface area (Å²) in [6, 6.07) is 21.4. The van der Waals surface area contributed by atoms with E-state index in [-0.39, 0.29) is 36.9 Å². The van der Waals surface area contributed by atoms with Crippen molar-refractivity contribution in [2.24, 2.45) is 0 Å². The first kappa shape index (κ1) is 25.2. The molecule has 1 radical (unpaired) electrons. The minimum Gasteiger partial charge on any atom is 0 e. The van der Waals surface area contributed by atoms with Gasteiger partial charge >= 0.3 is 121 Å². The summed E-state index contributed by atoms with van der Waals surface area (Å²) in [4.78, 5) is 12.9. The molecular weight excluding hydrogens is 774 g/mol. The Labute approximate surface area is 278 Å². The number of nitrogens with zero attached hydrogens (tertiary/aromatic N) is 3. The molecule has 43 heavy (non-hydrogen) atoms. The fourth-order valence-electron chi connectivity index (χ4n) is 4.61. The summed E-state index contributed by atoms with van der Waals surface area (Å²) in [6.45, 7) is 2.08. The van der Waals surface area contributed by atoms with Crippen molar-refractivity contribution in [2.45, 2.75) is 57.2 Å². The van der Waals surface area contributed by atoms with Gasteiger partial charge in [0.1, 0.15) is 5.82 Å². The summed E-state index contributed by atoms with van der Waals surface area (Å²) in [6.07, 6.45) is 4.62. The third kappa shape index (κ3) is 7.31. The molecule has 6 aromatic rings. The molecular formula is C36H36FGeIrN3O-2. The number of furan rings is 1. The van der Waals surface area contributed by atoms with E-state index >= 15 is 0 Å². The predicted molar refractivity (Wildman–Crippen MR) is 173 cm³/mol. The Morgan fingerprint density at radius 3 is 2.37 bits per heavy atom. The Morgan fingerprint density at radius 2 is 1.70 bits per heavy atom. The third-order valence-electron chi connectivity index (χ3n) is 6.94. The maximum atomic E-state index is 13.5. The van der Waals surface area contributed by atoms with Crippen molar-refractivity contribution >= 4 is 39.7 Å². The standard InChI is InChI=1S/C20H16FN2O.C16H20GeN.Ir/c1-20(2,3)12-7-8-22-17(9-12)15-6-4-5-14-16-10-13(21)11-23-19(16)24-18(14)15;1-12-6-8-14(9-7-12)16-10-13(2)15(11-18-16)17(3,4)5;/h4-5,7-11H,1-3H3;6-8,10-11H,1-5H3;/q2*-1;/i;1D3,2D3;. The van der Waals surface area contributed by atoms with Gasteiger partial charge in [-0.3, -0.25) is 0 Å². The monoisotopic (exact) mass is 818 g/mol. The second-order valence-electron chi connectivity index (χ2n) is 12.2. The van der Waals surface area contributed by atoms with Gasteiger partial charge in [0.05, 0.1) is 11.8 Å². The summed E-state index contributed by atoms with van der Waals surface area (Å²) < 4.78 is 65.9. The average molecular weight is 817 g/mol. The summed E-state index contributed by atoms with van der Waals surface area (Å²) in [7, 11) is 0. The zero-order valence-corrected chi connectivity index (χ0v) is 29.4. The molecule has 2 aromatic carbocycles. The molecule has 0 saturated heterocycles. The molecule has 0 fully saturated rings. The van der Waals surface area contributed by atoms with Crippen LogP contribution in [-0.4, -0.2) is 28.2 Å². The zero-order chi connectivity index (χ0) is 35.2. The minimum absolute atomic E-state index is 0. The van der Waals surface area contributed by atoms with Crippen LogP contribution >= 0.6 is 0 Å². The molecule has 0 N–H and O–H groups in total. The fourth-order valence-corrected chi connectivity index (χ4v) is 7.40. The van der Waals surface area contributed by atoms with Crippen LogP contribution in [0, 0.1) is 31.7 Å². The van der Waals surface area contributed by atoms with Gasteiger partial charge in [-0.2, -0.15) is 0 Å². The molecule has 0 aliphatic carbocycles. The van der Waals surface area contributed by atoms with Crippen LogP contribution < -0.4 is 4.40 Å². The molecule has 0 aliphatic heterocycles. The molecule has 0 amide bonds. The number of pyridine rings is 3. The molecule has 223 valence electrons. The van der Waals surface area contributed by atoms with Gasteiger partial charge < -0.3 is 9.40 Å². The van der Waals surface area contributed by atoms with Crippen LogP contribution in [0.1, 0.15) is 45.7 Å². The van der Waals surface area contributed by atoms with Crippen LogP contribution in [0.25, 0.3) is 44.6 Å². The van der Waals surface area contributed by atoms with E-state index in [4.69, 9.17) is 12.6 Å². The van der Waals surface area contributed by atoms with Crippen LogP contribution in [0.2, 0.25) is 17.3 Å². The second-order valence-corrected chi connectivity index (χ2v) is 22.8. The molecule has 4 heterocycles. The number of halogens is 1. The first-order valence-electron chi connectivity index (χ1n) is 16.6. The smallest absolute Gasteiger partial charge is 0 e.